The third-order valence-corrected chi connectivity index (χ3v) is 4.99. The van der Waals surface area contributed by atoms with E-state index in [9.17, 15) is 9.59 Å². The molecular weight excluding hydrogens is 304 g/mol. The number of rotatable bonds is 6. The van der Waals surface area contributed by atoms with E-state index in [4.69, 9.17) is 4.74 Å². The summed E-state index contributed by atoms with van der Waals surface area (Å²) in [5.74, 6) is 1.09. The van der Waals surface area contributed by atoms with Gasteiger partial charge in [-0.15, -0.1) is 0 Å². The largest absolute Gasteiger partial charge is 0.381 e. The van der Waals surface area contributed by atoms with Gasteiger partial charge in [0.25, 0.3) is 5.91 Å². The second kappa shape index (κ2) is 7.34. The van der Waals surface area contributed by atoms with E-state index in [-0.39, 0.29) is 17.7 Å². The number of amides is 2. The fourth-order valence-corrected chi connectivity index (χ4v) is 3.23. The maximum Gasteiger partial charge on any atom is 0.253 e. The molecule has 2 amide bonds. The molecule has 2 fully saturated rings. The summed E-state index contributed by atoms with van der Waals surface area (Å²) in [6.45, 7) is 7.00. The third kappa shape index (κ3) is 3.96. The van der Waals surface area contributed by atoms with Crippen LogP contribution in [0, 0.1) is 17.8 Å². The molecule has 0 radical (unpaired) electrons. The van der Waals surface area contributed by atoms with Gasteiger partial charge in [-0.2, -0.15) is 0 Å². The van der Waals surface area contributed by atoms with E-state index in [0.29, 0.717) is 29.6 Å². The van der Waals surface area contributed by atoms with E-state index in [1.54, 1.807) is 6.07 Å². The number of nitrogens with one attached hydrogen (secondary N) is 1. The zero-order chi connectivity index (χ0) is 17.1. The topological polar surface area (TPSA) is 58.6 Å². The van der Waals surface area contributed by atoms with Crippen LogP contribution in [-0.2, 0) is 9.53 Å². The molecule has 1 saturated heterocycles. The van der Waals surface area contributed by atoms with E-state index in [0.717, 1.165) is 32.6 Å². The van der Waals surface area contributed by atoms with Crippen LogP contribution < -0.4 is 5.32 Å². The Morgan fingerprint density at radius 1 is 1.38 bits per heavy atom. The molecule has 1 heterocycles. The molecule has 1 saturated carbocycles. The smallest absolute Gasteiger partial charge is 0.253 e. The Labute approximate surface area is 143 Å². The van der Waals surface area contributed by atoms with Crippen molar-refractivity contribution in [1.29, 1.82) is 0 Å². The number of carbonyl (C=O) groups excluding carboxylic acids is 2. The first-order valence-corrected chi connectivity index (χ1v) is 8.86. The van der Waals surface area contributed by atoms with Crippen LogP contribution in [0.4, 0.5) is 5.69 Å². The van der Waals surface area contributed by atoms with Gasteiger partial charge in [0.05, 0.1) is 6.61 Å². The summed E-state index contributed by atoms with van der Waals surface area (Å²) in [7, 11) is 0. The minimum Gasteiger partial charge on any atom is -0.381 e. The van der Waals surface area contributed by atoms with Crippen molar-refractivity contribution in [2.24, 2.45) is 17.8 Å². The average molecular weight is 330 g/mol. The molecule has 1 aliphatic carbocycles. The maximum absolute atomic E-state index is 12.8. The van der Waals surface area contributed by atoms with Gasteiger partial charge in [-0.1, -0.05) is 13.0 Å². The molecule has 0 aromatic heterocycles. The Morgan fingerprint density at radius 3 is 2.79 bits per heavy atom. The standard InChI is InChI=1S/C19H26N2O3/c1-3-21(11-14-7-8-24-12-14)19(23)15-5-4-6-16(10-15)20-18(22)17-9-13(17)2/h4-6,10,13-14,17H,3,7-9,11-12H2,1-2H3,(H,20,22)/t13-,14+,17-/m1/s1. The Kier molecular flexibility index (Phi) is 5.19. The predicted octanol–water partition coefficient (Wildman–Crippen LogP) is 2.78. The zero-order valence-corrected chi connectivity index (χ0v) is 14.5. The van der Waals surface area contributed by atoms with Crippen molar-refractivity contribution >= 4 is 17.5 Å². The summed E-state index contributed by atoms with van der Waals surface area (Å²) in [5.41, 5.74) is 1.32. The number of anilines is 1. The van der Waals surface area contributed by atoms with Crippen LogP contribution in [0.1, 0.15) is 37.0 Å². The Balaban J connectivity index is 1.64. The number of hydrogen-bond donors (Lipinski definition) is 1. The molecule has 1 aromatic rings. The van der Waals surface area contributed by atoms with Crippen LogP contribution in [0.15, 0.2) is 24.3 Å². The summed E-state index contributed by atoms with van der Waals surface area (Å²) in [4.78, 5) is 26.7. The highest BCUT2D eigenvalue weighted by Crippen LogP contribution is 2.38. The molecule has 5 heteroatoms. The first kappa shape index (κ1) is 17.0. The van der Waals surface area contributed by atoms with E-state index >= 15 is 0 Å². The van der Waals surface area contributed by atoms with E-state index in [1.807, 2.05) is 30.0 Å². The van der Waals surface area contributed by atoms with Crippen LogP contribution in [0.2, 0.25) is 0 Å². The molecule has 1 aliphatic heterocycles. The van der Waals surface area contributed by atoms with Gasteiger partial charge in [-0.25, -0.2) is 0 Å². The lowest BCUT2D eigenvalue weighted by atomic mass is 10.1. The van der Waals surface area contributed by atoms with Crippen molar-refractivity contribution < 1.29 is 14.3 Å². The normalized spacial score (nSPS) is 25.3. The Morgan fingerprint density at radius 2 is 2.17 bits per heavy atom. The fourth-order valence-electron chi connectivity index (χ4n) is 3.23. The Hall–Kier alpha value is -1.88. The van der Waals surface area contributed by atoms with Crippen molar-refractivity contribution in [2.45, 2.75) is 26.7 Å². The summed E-state index contributed by atoms with van der Waals surface area (Å²) < 4.78 is 5.40. The highest BCUT2D eigenvalue weighted by molar-refractivity contribution is 5.98. The van der Waals surface area contributed by atoms with Gasteiger partial charge >= 0.3 is 0 Å². The zero-order valence-electron chi connectivity index (χ0n) is 14.5. The van der Waals surface area contributed by atoms with Gasteiger partial charge < -0.3 is 15.0 Å². The maximum atomic E-state index is 12.8. The van der Waals surface area contributed by atoms with Gasteiger partial charge in [0.15, 0.2) is 0 Å². The summed E-state index contributed by atoms with van der Waals surface area (Å²) in [5, 5.41) is 2.93. The highest BCUT2D eigenvalue weighted by Gasteiger charge is 2.39. The second-order valence-electron chi connectivity index (χ2n) is 6.96. The van der Waals surface area contributed by atoms with E-state index in [2.05, 4.69) is 12.2 Å². The molecule has 3 rings (SSSR count). The molecule has 0 bridgehead atoms. The lowest BCUT2D eigenvalue weighted by Crippen LogP contribution is -2.35. The predicted molar refractivity (Wildman–Crippen MR) is 92.8 cm³/mol. The third-order valence-electron chi connectivity index (χ3n) is 4.99. The molecule has 24 heavy (non-hydrogen) atoms. The van der Waals surface area contributed by atoms with Crippen LogP contribution in [0.5, 0.6) is 0 Å². The first-order valence-electron chi connectivity index (χ1n) is 8.86. The molecule has 1 N–H and O–H groups in total. The molecule has 0 spiro atoms. The minimum atomic E-state index is 0.0142. The van der Waals surface area contributed by atoms with Crippen molar-refractivity contribution in [3.8, 4) is 0 Å². The molecule has 5 nitrogen and oxygen atoms in total. The number of hydrogen-bond acceptors (Lipinski definition) is 3. The number of carbonyl (C=O) groups is 2. The lowest BCUT2D eigenvalue weighted by molar-refractivity contribution is -0.117. The number of benzene rings is 1. The first-order chi connectivity index (χ1) is 11.6. The number of ether oxygens (including phenoxy) is 1. The molecular formula is C19H26N2O3. The van der Waals surface area contributed by atoms with Crippen LogP contribution in [-0.4, -0.2) is 43.0 Å². The van der Waals surface area contributed by atoms with E-state index < -0.39 is 0 Å². The SMILES string of the molecule is CCN(C[C@@H]1CCOC1)C(=O)c1cccc(NC(=O)[C@@H]2C[C@H]2C)c1. The van der Waals surface area contributed by atoms with Gasteiger partial charge in [-0.3, -0.25) is 9.59 Å². The molecule has 2 aliphatic rings. The van der Waals surface area contributed by atoms with Crippen molar-refractivity contribution in [3.05, 3.63) is 29.8 Å². The molecule has 3 atom stereocenters. The second-order valence-corrected chi connectivity index (χ2v) is 6.96. The van der Waals surface area contributed by atoms with Crippen molar-refractivity contribution in [1.82, 2.24) is 4.90 Å². The van der Waals surface area contributed by atoms with Crippen molar-refractivity contribution in [2.75, 3.05) is 31.6 Å². The van der Waals surface area contributed by atoms with Gasteiger partial charge in [0.1, 0.15) is 0 Å². The van der Waals surface area contributed by atoms with Crippen LogP contribution in [0.3, 0.4) is 0 Å². The summed E-state index contributed by atoms with van der Waals surface area (Å²) >= 11 is 0. The molecule has 130 valence electrons. The summed E-state index contributed by atoms with van der Waals surface area (Å²) in [6.07, 6.45) is 1.97. The van der Waals surface area contributed by atoms with Crippen LogP contribution in [0.25, 0.3) is 0 Å². The van der Waals surface area contributed by atoms with Gasteiger partial charge in [0.2, 0.25) is 5.91 Å². The Bertz CT molecular complexity index is 610. The van der Waals surface area contributed by atoms with Crippen LogP contribution >= 0.6 is 0 Å². The average Bonchev–Trinajstić information content (AvgIpc) is 3.09. The highest BCUT2D eigenvalue weighted by atomic mass is 16.5. The minimum absolute atomic E-state index is 0.0142. The summed E-state index contributed by atoms with van der Waals surface area (Å²) in [6, 6.07) is 7.25. The monoisotopic (exact) mass is 330 g/mol. The molecule has 1 aromatic carbocycles. The van der Waals surface area contributed by atoms with Gasteiger partial charge in [-0.05, 0) is 43.9 Å². The fraction of sp³-hybridized carbons (Fsp3) is 0.579. The number of nitrogens with zero attached hydrogens (tertiary/aromatic N) is 1. The molecule has 0 unspecified atom stereocenters. The van der Waals surface area contributed by atoms with Crippen molar-refractivity contribution in [3.63, 3.8) is 0 Å². The van der Waals surface area contributed by atoms with Gasteiger partial charge in [0, 0.05) is 42.8 Å². The quantitative estimate of drug-likeness (QED) is 0.872. The van der Waals surface area contributed by atoms with E-state index in [1.165, 1.54) is 0 Å². The lowest BCUT2D eigenvalue weighted by Gasteiger charge is -2.24.